The van der Waals surface area contributed by atoms with Crippen molar-refractivity contribution in [2.24, 2.45) is 0 Å². The van der Waals surface area contributed by atoms with E-state index >= 15 is 0 Å². The SMILES string of the molecule is CC(=O)N[C@@H]1[C@@H](O[C@@H]2O[C@H](CO)[C@H](O)[C@H](O[C@@H]3O[C@H](CO)[C@@H](O[C@@H]4O[C@H](CO)[C@H](O)[C@H](O[C@@H]5O[C@H](CO)[C@@H](O[C@@H]6O[C@H](CO)[C@H](O)[C@H](O[C@@H]7O[C@H](CO)[C@@H](O[C@@H]8O[C@H](CO)[C@H](O)[C@H](O)[C@@H]8O)[C@H](O)[C@H]7NC(C)=O)[C@H]6O)[C@H](O)[C@H]5NC(C)=O)[C@H]4O)[C@H](O)[C@H]3NC(C)=O)[C@H]2O)[C@@H](O)[C@@H](CO)O[C@@H]1O. The van der Waals surface area contributed by atoms with Crippen molar-refractivity contribution < 1.29 is 203 Å². The zero-order valence-electron chi connectivity index (χ0n) is 54.3. The second-order valence-electron chi connectivity index (χ2n) is 25.3. The van der Waals surface area contributed by atoms with Crippen molar-refractivity contribution in [2.45, 2.75) is 273 Å². The molecule has 0 bridgehead atoms. The Morgan fingerprint density at radius 2 is 0.455 bits per heavy atom. The Balaban J connectivity index is 0.982. The molecule has 8 fully saturated rings. The van der Waals surface area contributed by atoms with Gasteiger partial charge in [0, 0.05) is 27.7 Å². The molecule has 0 saturated carbocycles. The van der Waals surface area contributed by atoms with Gasteiger partial charge in [-0.3, -0.25) is 19.2 Å². The van der Waals surface area contributed by atoms with E-state index < -0.39 is 322 Å². The van der Waals surface area contributed by atoms with Gasteiger partial charge in [0.1, 0.15) is 195 Å². The molecule has 8 aliphatic heterocycles. The van der Waals surface area contributed by atoms with Crippen molar-refractivity contribution >= 4 is 23.6 Å². The van der Waals surface area contributed by atoms with Gasteiger partial charge in [0.25, 0.3) is 0 Å². The first kappa shape index (κ1) is 83.0. The molecule has 584 valence electrons. The Morgan fingerprint density at radius 3 is 0.733 bits per heavy atom. The van der Waals surface area contributed by atoms with Gasteiger partial charge in [0.15, 0.2) is 50.3 Å². The molecule has 0 unspecified atom stereocenters. The number of aliphatic hydroxyl groups excluding tert-OH is 22. The fourth-order valence-electron chi connectivity index (χ4n) is 13.1. The minimum Gasteiger partial charge on any atom is -0.394 e. The molecular formula is C56H94N4O41. The molecule has 26 N–H and O–H groups in total. The summed E-state index contributed by atoms with van der Waals surface area (Å²) in [5.41, 5.74) is 0. The second kappa shape index (κ2) is 36.3. The van der Waals surface area contributed by atoms with Gasteiger partial charge in [-0.05, 0) is 0 Å². The predicted octanol–water partition coefficient (Wildman–Crippen LogP) is -17.9. The van der Waals surface area contributed by atoms with E-state index in [1.165, 1.54) is 0 Å². The highest BCUT2D eigenvalue weighted by Crippen LogP contribution is 2.39. The maximum Gasteiger partial charge on any atom is 0.217 e. The number of ether oxygens (including phenoxy) is 15. The monoisotopic (exact) mass is 1480 g/mol. The minimum absolute atomic E-state index is 0.766. The molecule has 4 amide bonds. The topological polar surface area (TPSA) is 700 Å². The molecule has 0 aromatic carbocycles. The van der Waals surface area contributed by atoms with Gasteiger partial charge in [-0.2, -0.15) is 0 Å². The van der Waals surface area contributed by atoms with Crippen LogP contribution in [-0.2, 0) is 90.2 Å². The molecule has 101 heavy (non-hydrogen) atoms. The maximum absolute atomic E-state index is 12.9. The van der Waals surface area contributed by atoms with E-state index in [0.29, 0.717) is 0 Å². The molecule has 8 aliphatic rings. The predicted molar refractivity (Wildman–Crippen MR) is 311 cm³/mol. The van der Waals surface area contributed by atoms with Crippen LogP contribution in [-0.4, -0.2) is 434 Å². The van der Waals surface area contributed by atoms with Crippen LogP contribution in [0.5, 0.6) is 0 Å². The Hall–Kier alpha value is -3.60. The molecule has 0 aromatic rings. The van der Waals surface area contributed by atoms with Crippen LogP contribution in [0.2, 0.25) is 0 Å². The summed E-state index contributed by atoms with van der Waals surface area (Å²) in [5.74, 6) is -3.48. The molecule has 8 heterocycles. The first-order valence-corrected chi connectivity index (χ1v) is 32.1. The second-order valence-corrected chi connectivity index (χ2v) is 25.3. The number of aliphatic hydroxyl groups is 22. The number of hydrogen-bond donors (Lipinski definition) is 26. The highest BCUT2D eigenvalue weighted by molar-refractivity contribution is 5.74. The summed E-state index contributed by atoms with van der Waals surface area (Å²) in [6.45, 7) is -4.38. The molecule has 0 aromatic heterocycles. The maximum atomic E-state index is 12.9. The lowest BCUT2D eigenvalue weighted by molar-refractivity contribution is -0.388. The summed E-state index contributed by atoms with van der Waals surface area (Å²) in [6.07, 6.45) is -71.2. The lowest BCUT2D eigenvalue weighted by atomic mass is 9.93. The number of carbonyl (C=O) groups is 4. The van der Waals surface area contributed by atoms with Gasteiger partial charge in [-0.1, -0.05) is 0 Å². The smallest absolute Gasteiger partial charge is 0.217 e. The van der Waals surface area contributed by atoms with Crippen LogP contribution in [0.3, 0.4) is 0 Å². The fourth-order valence-corrected chi connectivity index (χ4v) is 13.1. The molecule has 8 rings (SSSR count). The molecule has 0 aliphatic carbocycles. The third-order valence-corrected chi connectivity index (χ3v) is 18.3. The third kappa shape index (κ3) is 18.3. The Labute approximate surface area is 572 Å². The fraction of sp³-hybridized carbons (Fsp3) is 0.929. The highest BCUT2D eigenvalue weighted by atomic mass is 16.8. The van der Waals surface area contributed by atoms with E-state index in [9.17, 15) is 132 Å². The summed E-state index contributed by atoms with van der Waals surface area (Å²) in [7, 11) is 0. The molecule has 8 saturated heterocycles. The summed E-state index contributed by atoms with van der Waals surface area (Å²) < 4.78 is 87.0. The Morgan fingerprint density at radius 1 is 0.238 bits per heavy atom. The van der Waals surface area contributed by atoms with Crippen LogP contribution in [0.25, 0.3) is 0 Å². The number of hydrogen-bond acceptors (Lipinski definition) is 41. The van der Waals surface area contributed by atoms with Gasteiger partial charge in [0.2, 0.25) is 23.6 Å². The van der Waals surface area contributed by atoms with Crippen LogP contribution in [0, 0.1) is 0 Å². The number of amides is 4. The van der Waals surface area contributed by atoms with Crippen LogP contribution in [0.4, 0.5) is 0 Å². The third-order valence-electron chi connectivity index (χ3n) is 18.3. The van der Waals surface area contributed by atoms with E-state index in [0.717, 1.165) is 27.7 Å². The van der Waals surface area contributed by atoms with Gasteiger partial charge in [-0.25, -0.2) is 0 Å². The van der Waals surface area contributed by atoms with E-state index in [1.54, 1.807) is 0 Å². The molecular weight excluding hydrogens is 1380 g/mol. The van der Waals surface area contributed by atoms with Crippen LogP contribution < -0.4 is 21.3 Å². The van der Waals surface area contributed by atoms with Crippen molar-refractivity contribution in [3.8, 4) is 0 Å². The quantitative estimate of drug-likeness (QED) is 0.0382. The summed E-state index contributed by atoms with van der Waals surface area (Å²) >= 11 is 0. The average Bonchev–Trinajstić information content (AvgIpc) is 0.772. The lowest BCUT2D eigenvalue weighted by Crippen LogP contribution is -2.71. The van der Waals surface area contributed by atoms with Crippen molar-refractivity contribution in [1.29, 1.82) is 0 Å². The molecule has 0 radical (unpaired) electrons. The van der Waals surface area contributed by atoms with E-state index in [4.69, 9.17) is 71.1 Å². The lowest BCUT2D eigenvalue weighted by Gasteiger charge is -2.51. The zero-order valence-corrected chi connectivity index (χ0v) is 54.3. The number of rotatable bonds is 26. The standard InChI is InChI=1S/C56H94N4O41/c1-13(69)57-25-34(78)42(95-53-38(82)37(81)29(73)17(5-61)88-53)22(10-66)92-50(25)99-46-31(75)19(7-63)89-54(39(46)83)96-43-23(11-67)93-51(26(35(43)79)58-14(2)70)100-47-32(76)20(8-64)90-55(40(47)84)97-44-24(12-68)94-52(27(36(44)80)59-15(3)71)101-48-33(77)21(9-65)91-56(41(48)85)98-45-28(60-16(4)72)49(86)87-18(6-62)30(45)74/h17-56,61-68,73-86H,5-12H2,1-4H3,(H,57,69)(H,58,70)(H,59,71)(H,60,72)/t17-,18-,19-,20-,21-,22-,23-,24-,25-,26-,27-,28-,29+,30+,31+,32+,33+,34-,35-,36-,37+,38+,39-,40-,41-,42-,43-,44-,45-,46+,47+,48+,49+,50+,51+,52+,53+,54+,55+,56+/m1/s1. The highest BCUT2D eigenvalue weighted by Gasteiger charge is 2.60. The van der Waals surface area contributed by atoms with Crippen molar-refractivity contribution in [3.63, 3.8) is 0 Å². The van der Waals surface area contributed by atoms with Crippen molar-refractivity contribution in [1.82, 2.24) is 21.3 Å². The number of nitrogens with one attached hydrogen (secondary N) is 4. The Kier molecular flexibility index (Phi) is 29.9. The van der Waals surface area contributed by atoms with Crippen LogP contribution >= 0.6 is 0 Å². The zero-order chi connectivity index (χ0) is 74.5. The van der Waals surface area contributed by atoms with Crippen molar-refractivity contribution in [3.05, 3.63) is 0 Å². The van der Waals surface area contributed by atoms with Gasteiger partial charge >= 0.3 is 0 Å². The van der Waals surface area contributed by atoms with Crippen molar-refractivity contribution in [2.75, 3.05) is 52.9 Å². The van der Waals surface area contributed by atoms with E-state index in [2.05, 4.69) is 21.3 Å². The average molecular weight is 1480 g/mol. The van der Waals surface area contributed by atoms with Gasteiger partial charge in [-0.15, -0.1) is 0 Å². The molecule has 40 atom stereocenters. The van der Waals surface area contributed by atoms with Crippen LogP contribution in [0.15, 0.2) is 0 Å². The van der Waals surface area contributed by atoms with Gasteiger partial charge < -0.3 is 205 Å². The minimum atomic E-state index is -2.33. The normalized spacial score (nSPS) is 48.3. The first-order chi connectivity index (χ1) is 47.8. The summed E-state index contributed by atoms with van der Waals surface area (Å²) in [4.78, 5) is 50.4. The molecule has 45 nitrogen and oxygen atoms in total. The Bertz CT molecular complexity index is 2640. The largest absolute Gasteiger partial charge is 0.394 e. The summed E-state index contributed by atoms with van der Waals surface area (Å²) in [5, 5.41) is 251. The van der Waals surface area contributed by atoms with Crippen LogP contribution in [0.1, 0.15) is 27.7 Å². The number of carbonyl (C=O) groups excluding carboxylic acids is 4. The van der Waals surface area contributed by atoms with E-state index in [1.807, 2.05) is 0 Å². The molecule has 0 spiro atoms. The molecule has 45 heteroatoms. The summed E-state index contributed by atoms with van der Waals surface area (Å²) in [6, 6.07) is -7.19. The first-order valence-electron chi connectivity index (χ1n) is 32.1. The van der Waals surface area contributed by atoms with Gasteiger partial charge in [0.05, 0.1) is 52.9 Å². The van der Waals surface area contributed by atoms with E-state index in [-0.39, 0.29) is 0 Å².